The lowest BCUT2D eigenvalue weighted by Gasteiger charge is -2.36. The molecule has 1 amide bonds. The summed E-state index contributed by atoms with van der Waals surface area (Å²) in [4.78, 5) is 17.6. The first kappa shape index (κ1) is 22.5. The van der Waals surface area contributed by atoms with E-state index in [9.17, 15) is 4.79 Å². The highest BCUT2D eigenvalue weighted by Gasteiger charge is 2.26. The SMILES string of the molecule is COc1ccc2c(c1)CC(C(=O)NCCCCN1CCN(c3cccc(C)c3)CC1)CO2. The molecule has 1 atom stereocenters. The zero-order valence-electron chi connectivity index (χ0n) is 19.3. The number of hydrogen-bond donors (Lipinski definition) is 1. The summed E-state index contributed by atoms with van der Waals surface area (Å²) in [6.45, 7) is 8.76. The van der Waals surface area contributed by atoms with E-state index in [1.54, 1.807) is 7.11 Å². The topological polar surface area (TPSA) is 54.0 Å². The largest absolute Gasteiger partial charge is 0.497 e. The summed E-state index contributed by atoms with van der Waals surface area (Å²) in [5.74, 6) is 1.61. The molecule has 2 aromatic carbocycles. The number of carbonyl (C=O) groups excluding carboxylic acids is 1. The number of aryl methyl sites for hydroxylation is 1. The third-order valence-corrected chi connectivity index (χ3v) is 6.48. The molecule has 0 spiro atoms. The van der Waals surface area contributed by atoms with Gasteiger partial charge in [-0.05, 0) is 74.2 Å². The molecule has 172 valence electrons. The Morgan fingerprint density at radius 2 is 1.97 bits per heavy atom. The van der Waals surface area contributed by atoms with Gasteiger partial charge in [0.15, 0.2) is 0 Å². The van der Waals surface area contributed by atoms with Crippen LogP contribution in [0, 0.1) is 12.8 Å². The number of amides is 1. The highest BCUT2D eigenvalue weighted by Crippen LogP contribution is 2.30. The standard InChI is InChI=1S/C26H35N3O3/c1-20-6-5-7-23(16-20)29-14-12-28(13-15-29)11-4-3-10-27-26(30)22-17-21-18-24(31-2)8-9-25(21)32-19-22/h5-9,16,18,22H,3-4,10-15,17,19H2,1-2H3,(H,27,30). The summed E-state index contributed by atoms with van der Waals surface area (Å²) >= 11 is 0. The maximum Gasteiger partial charge on any atom is 0.226 e. The highest BCUT2D eigenvalue weighted by molar-refractivity contribution is 5.79. The Kier molecular flexibility index (Phi) is 7.53. The first-order valence-corrected chi connectivity index (χ1v) is 11.7. The Bertz CT molecular complexity index is 909. The van der Waals surface area contributed by atoms with E-state index in [4.69, 9.17) is 9.47 Å². The lowest BCUT2D eigenvalue weighted by Crippen LogP contribution is -2.46. The molecule has 0 bridgehead atoms. The molecular formula is C26H35N3O3. The molecule has 0 radical (unpaired) electrons. The molecule has 2 aliphatic rings. The highest BCUT2D eigenvalue weighted by atomic mass is 16.5. The Hall–Kier alpha value is -2.73. The Morgan fingerprint density at radius 3 is 2.75 bits per heavy atom. The molecule has 2 heterocycles. The number of benzene rings is 2. The van der Waals surface area contributed by atoms with E-state index in [2.05, 4.69) is 46.3 Å². The molecule has 0 saturated carbocycles. The molecule has 4 rings (SSSR count). The third kappa shape index (κ3) is 5.74. The Morgan fingerprint density at radius 1 is 1.12 bits per heavy atom. The van der Waals surface area contributed by atoms with Crippen molar-refractivity contribution in [2.24, 2.45) is 5.92 Å². The summed E-state index contributed by atoms with van der Waals surface area (Å²) in [6, 6.07) is 14.5. The Balaban J connectivity index is 1.12. The van der Waals surface area contributed by atoms with Gasteiger partial charge in [0.2, 0.25) is 5.91 Å². The molecule has 0 aromatic heterocycles. The molecule has 6 nitrogen and oxygen atoms in total. The van der Waals surface area contributed by atoms with Gasteiger partial charge in [0.1, 0.15) is 18.1 Å². The van der Waals surface area contributed by atoms with Crippen molar-refractivity contribution in [1.29, 1.82) is 0 Å². The monoisotopic (exact) mass is 437 g/mol. The molecule has 6 heteroatoms. The minimum absolute atomic E-state index is 0.0882. The number of ether oxygens (including phenoxy) is 2. The van der Waals surface area contributed by atoms with Crippen LogP contribution < -0.4 is 19.7 Å². The first-order valence-electron chi connectivity index (χ1n) is 11.7. The Labute approximate surface area is 191 Å². The van der Waals surface area contributed by atoms with Crippen LogP contribution in [-0.2, 0) is 11.2 Å². The zero-order chi connectivity index (χ0) is 22.3. The van der Waals surface area contributed by atoms with Crippen LogP contribution in [-0.4, -0.2) is 63.8 Å². The molecule has 1 unspecified atom stereocenters. The minimum Gasteiger partial charge on any atom is -0.497 e. The van der Waals surface area contributed by atoms with E-state index in [1.165, 1.54) is 11.3 Å². The van der Waals surface area contributed by atoms with Crippen LogP contribution in [0.4, 0.5) is 5.69 Å². The fraction of sp³-hybridized carbons (Fsp3) is 0.500. The van der Waals surface area contributed by atoms with Crippen LogP contribution in [0.5, 0.6) is 11.5 Å². The van der Waals surface area contributed by atoms with E-state index < -0.39 is 0 Å². The fourth-order valence-electron chi connectivity index (χ4n) is 4.54. The molecular weight excluding hydrogens is 402 g/mol. The second-order valence-electron chi connectivity index (χ2n) is 8.85. The molecule has 2 aromatic rings. The molecule has 32 heavy (non-hydrogen) atoms. The summed E-state index contributed by atoms with van der Waals surface area (Å²) in [6.07, 6.45) is 2.80. The van der Waals surface area contributed by atoms with Gasteiger partial charge in [-0.3, -0.25) is 9.69 Å². The van der Waals surface area contributed by atoms with E-state index in [-0.39, 0.29) is 11.8 Å². The molecule has 2 aliphatic heterocycles. The number of hydrogen-bond acceptors (Lipinski definition) is 5. The lowest BCUT2D eigenvalue weighted by molar-refractivity contribution is -0.126. The van der Waals surface area contributed by atoms with Crippen LogP contribution in [0.3, 0.4) is 0 Å². The van der Waals surface area contributed by atoms with Crippen molar-refractivity contribution >= 4 is 11.6 Å². The maximum atomic E-state index is 12.6. The van der Waals surface area contributed by atoms with Crippen molar-refractivity contribution < 1.29 is 14.3 Å². The molecule has 0 aliphatic carbocycles. The van der Waals surface area contributed by atoms with Gasteiger partial charge in [0.05, 0.1) is 13.0 Å². The number of unbranched alkanes of at least 4 members (excludes halogenated alkanes) is 1. The van der Waals surface area contributed by atoms with Crippen molar-refractivity contribution in [2.75, 3.05) is 57.9 Å². The van der Waals surface area contributed by atoms with Crippen LogP contribution >= 0.6 is 0 Å². The number of carbonyl (C=O) groups is 1. The normalized spacial score (nSPS) is 18.6. The van der Waals surface area contributed by atoms with Gasteiger partial charge in [-0.2, -0.15) is 0 Å². The van der Waals surface area contributed by atoms with Crippen molar-refractivity contribution in [1.82, 2.24) is 10.2 Å². The predicted molar refractivity (Wildman–Crippen MR) is 128 cm³/mol. The second kappa shape index (κ2) is 10.7. The zero-order valence-corrected chi connectivity index (χ0v) is 19.3. The number of piperazine rings is 1. The van der Waals surface area contributed by atoms with Crippen LogP contribution in [0.15, 0.2) is 42.5 Å². The van der Waals surface area contributed by atoms with Gasteiger partial charge in [0.25, 0.3) is 0 Å². The summed E-state index contributed by atoms with van der Waals surface area (Å²) in [5, 5.41) is 3.11. The van der Waals surface area contributed by atoms with Gasteiger partial charge in [-0.25, -0.2) is 0 Å². The van der Waals surface area contributed by atoms with Crippen molar-refractivity contribution in [3.63, 3.8) is 0 Å². The van der Waals surface area contributed by atoms with Crippen LogP contribution in [0.2, 0.25) is 0 Å². The second-order valence-corrected chi connectivity index (χ2v) is 8.85. The quantitative estimate of drug-likeness (QED) is 0.643. The van der Waals surface area contributed by atoms with E-state index in [1.807, 2.05) is 18.2 Å². The lowest BCUT2D eigenvalue weighted by atomic mass is 9.95. The van der Waals surface area contributed by atoms with Crippen molar-refractivity contribution in [3.05, 3.63) is 53.6 Å². The predicted octanol–water partition coefficient (Wildman–Crippen LogP) is 3.27. The summed E-state index contributed by atoms with van der Waals surface area (Å²) in [5.41, 5.74) is 3.69. The molecule has 1 saturated heterocycles. The van der Waals surface area contributed by atoms with E-state index >= 15 is 0 Å². The number of fused-ring (bicyclic) bond motifs is 1. The average Bonchev–Trinajstić information content (AvgIpc) is 2.83. The van der Waals surface area contributed by atoms with Gasteiger partial charge in [0, 0.05) is 38.4 Å². The smallest absolute Gasteiger partial charge is 0.226 e. The van der Waals surface area contributed by atoms with E-state index in [0.29, 0.717) is 13.0 Å². The average molecular weight is 438 g/mol. The van der Waals surface area contributed by atoms with Gasteiger partial charge >= 0.3 is 0 Å². The van der Waals surface area contributed by atoms with Crippen molar-refractivity contribution in [2.45, 2.75) is 26.2 Å². The summed E-state index contributed by atoms with van der Waals surface area (Å²) in [7, 11) is 1.65. The number of rotatable bonds is 8. The van der Waals surface area contributed by atoms with E-state index in [0.717, 1.165) is 69.2 Å². The third-order valence-electron chi connectivity index (χ3n) is 6.48. The fourth-order valence-corrected chi connectivity index (χ4v) is 4.54. The van der Waals surface area contributed by atoms with Crippen LogP contribution in [0.25, 0.3) is 0 Å². The summed E-state index contributed by atoms with van der Waals surface area (Å²) < 4.78 is 11.1. The van der Waals surface area contributed by atoms with Gasteiger partial charge in [-0.1, -0.05) is 12.1 Å². The number of nitrogens with zero attached hydrogens (tertiary/aromatic N) is 2. The van der Waals surface area contributed by atoms with Gasteiger partial charge < -0.3 is 19.7 Å². The van der Waals surface area contributed by atoms with Crippen molar-refractivity contribution in [3.8, 4) is 11.5 Å². The number of nitrogens with one attached hydrogen (secondary N) is 1. The maximum absolute atomic E-state index is 12.6. The number of methoxy groups -OCH3 is 1. The minimum atomic E-state index is -0.135. The van der Waals surface area contributed by atoms with Crippen LogP contribution in [0.1, 0.15) is 24.0 Å². The number of anilines is 1. The van der Waals surface area contributed by atoms with Gasteiger partial charge in [-0.15, -0.1) is 0 Å². The first-order chi connectivity index (χ1) is 15.6. The molecule has 1 fully saturated rings. The molecule has 1 N–H and O–H groups in total.